The van der Waals surface area contributed by atoms with Crippen LogP contribution in [0.2, 0.25) is 0 Å². The minimum Gasteiger partial charge on any atom is -0.359 e. The molecule has 4 rings (SSSR count). The quantitative estimate of drug-likeness (QED) is 0.241. The number of alkyl halides is 3. The summed E-state index contributed by atoms with van der Waals surface area (Å²) in [5.41, 5.74) is 3.96. The van der Waals surface area contributed by atoms with Gasteiger partial charge in [0.2, 0.25) is 0 Å². The van der Waals surface area contributed by atoms with E-state index in [0.29, 0.717) is 17.3 Å². The van der Waals surface area contributed by atoms with Gasteiger partial charge in [0.15, 0.2) is 0 Å². The first kappa shape index (κ1) is 29.8. The molecule has 3 nitrogen and oxygen atoms in total. The van der Waals surface area contributed by atoms with Gasteiger partial charge in [-0.3, -0.25) is 4.72 Å². The number of benzene rings is 3. The highest BCUT2D eigenvalue weighted by Crippen LogP contribution is 2.46. The number of hydrogen-bond acceptors (Lipinski definition) is 4. The zero-order chi connectivity index (χ0) is 28.8. The topological polar surface area (TPSA) is 47.9 Å². The molecular weight excluding hydrogens is 527 g/mol. The number of anilines is 1. The Labute approximate surface area is 240 Å². The Morgan fingerprint density at radius 1 is 0.975 bits per heavy atom. The van der Waals surface area contributed by atoms with Gasteiger partial charge in [0.25, 0.3) is 0 Å². The fourth-order valence-electron chi connectivity index (χ4n) is 5.76. The molecule has 0 amide bonds. The molecule has 3 aromatic rings. The summed E-state index contributed by atoms with van der Waals surface area (Å²) in [5, 5.41) is 12.4. The van der Waals surface area contributed by atoms with Gasteiger partial charge in [-0.05, 0) is 71.9 Å². The Balaban J connectivity index is 1.61. The minimum atomic E-state index is -4.61. The van der Waals surface area contributed by atoms with Gasteiger partial charge in [0.1, 0.15) is 0 Å². The molecule has 0 bridgehead atoms. The first-order chi connectivity index (χ1) is 19.1. The fourth-order valence-corrected chi connectivity index (χ4v) is 6.07. The summed E-state index contributed by atoms with van der Waals surface area (Å²) in [6.07, 6.45) is 3.72. The standard InChI is InChI=1S/C33H36F3N3S/c1-23(39-30-17-16-28(21-37)31(19-30)33(34,35)36)32(2,29-10-5-4-6-11-29)20-25-8-7-9-27(18-25)26-14-12-24(13-15-26)22-38-40-3/h7-9,12-19,29,38-39H,1,4-6,10-11,20,22H2,2-3H3. The minimum absolute atomic E-state index is 0.295. The van der Waals surface area contributed by atoms with E-state index in [0.717, 1.165) is 61.4 Å². The third-order valence-electron chi connectivity index (χ3n) is 8.14. The van der Waals surface area contributed by atoms with E-state index in [1.807, 2.05) is 6.26 Å². The van der Waals surface area contributed by atoms with Crippen LogP contribution < -0.4 is 10.0 Å². The smallest absolute Gasteiger partial charge is 0.359 e. The van der Waals surface area contributed by atoms with E-state index >= 15 is 0 Å². The number of hydrogen-bond donors (Lipinski definition) is 2. The average molecular weight is 564 g/mol. The second-order valence-electron chi connectivity index (χ2n) is 10.8. The monoisotopic (exact) mass is 563 g/mol. The molecule has 1 atom stereocenters. The van der Waals surface area contributed by atoms with Gasteiger partial charge in [-0.1, -0.05) is 93.2 Å². The molecule has 2 N–H and O–H groups in total. The van der Waals surface area contributed by atoms with E-state index in [2.05, 4.69) is 72.1 Å². The molecule has 1 saturated carbocycles. The van der Waals surface area contributed by atoms with Crippen LogP contribution in [-0.4, -0.2) is 6.26 Å². The van der Waals surface area contributed by atoms with Crippen molar-refractivity contribution in [3.05, 3.63) is 101 Å². The molecule has 210 valence electrons. The number of nitrogens with zero attached hydrogens (tertiary/aromatic N) is 1. The molecule has 1 unspecified atom stereocenters. The lowest BCUT2D eigenvalue weighted by Crippen LogP contribution is -2.36. The van der Waals surface area contributed by atoms with Crippen LogP contribution in [0.5, 0.6) is 0 Å². The second kappa shape index (κ2) is 13.0. The van der Waals surface area contributed by atoms with Crippen LogP contribution in [0.4, 0.5) is 18.9 Å². The summed E-state index contributed by atoms with van der Waals surface area (Å²) >= 11 is 1.60. The van der Waals surface area contributed by atoms with E-state index in [1.165, 1.54) is 24.1 Å². The third kappa shape index (κ3) is 7.10. The molecule has 40 heavy (non-hydrogen) atoms. The van der Waals surface area contributed by atoms with Crippen molar-refractivity contribution in [3.63, 3.8) is 0 Å². The zero-order valence-corrected chi connectivity index (χ0v) is 23.9. The molecule has 1 aliphatic carbocycles. The summed E-state index contributed by atoms with van der Waals surface area (Å²) < 4.78 is 44.1. The first-order valence-electron chi connectivity index (χ1n) is 13.7. The van der Waals surface area contributed by atoms with E-state index in [-0.39, 0.29) is 11.0 Å². The van der Waals surface area contributed by atoms with Crippen molar-refractivity contribution >= 4 is 17.6 Å². The van der Waals surface area contributed by atoms with Crippen LogP contribution in [0.25, 0.3) is 11.1 Å². The molecule has 1 fully saturated rings. The van der Waals surface area contributed by atoms with Crippen LogP contribution in [0.3, 0.4) is 0 Å². The highest BCUT2D eigenvalue weighted by molar-refractivity contribution is 7.96. The Morgan fingerprint density at radius 2 is 1.70 bits per heavy atom. The third-order valence-corrected chi connectivity index (χ3v) is 8.58. The van der Waals surface area contributed by atoms with Crippen LogP contribution in [0, 0.1) is 22.7 Å². The molecule has 7 heteroatoms. The number of rotatable bonds is 10. The zero-order valence-electron chi connectivity index (χ0n) is 23.1. The van der Waals surface area contributed by atoms with Crippen molar-refractivity contribution in [2.45, 2.75) is 58.2 Å². The lowest BCUT2D eigenvalue weighted by molar-refractivity contribution is -0.137. The highest BCUT2D eigenvalue weighted by Gasteiger charge is 2.38. The van der Waals surface area contributed by atoms with E-state index in [1.54, 1.807) is 18.0 Å². The Morgan fingerprint density at radius 3 is 2.35 bits per heavy atom. The van der Waals surface area contributed by atoms with Gasteiger partial charge in [-0.15, -0.1) is 0 Å². The molecule has 0 saturated heterocycles. The SMILES string of the molecule is C=C(Nc1ccc(C#N)c(C(F)(F)F)c1)C(C)(Cc1cccc(-c2ccc(CNSC)cc2)c1)C1CCCCC1. The van der Waals surface area contributed by atoms with E-state index in [4.69, 9.17) is 0 Å². The Bertz CT molecular complexity index is 1350. The van der Waals surface area contributed by atoms with Crippen molar-refractivity contribution in [1.82, 2.24) is 4.72 Å². The molecule has 0 aromatic heterocycles. The largest absolute Gasteiger partial charge is 0.417 e. The molecule has 0 aliphatic heterocycles. The molecular formula is C33H36F3N3S. The molecule has 0 radical (unpaired) electrons. The van der Waals surface area contributed by atoms with Crippen molar-refractivity contribution in [3.8, 4) is 17.2 Å². The summed E-state index contributed by atoms with van der Waals surface area (Å²) in [7, 11) is 0. The predicted molar refractivity (Wildman–Crippen MR) is 160 cm³/mol. The van der Waals surface area contributed by atoms with Gasteiger partial charge in [-0.25, -0.2) is 0 Å². The summed E-state index contributed by atoms with van der Waals surface area (Å²) in [4.78, 5) is 0. The predicted octanol–water partition coefficient (Wildman–Crippen LogP) is 9.37. The molecule has 0 spiro atoms. The number of halogens is 3. The average Bonchev–Trinajstić information content (AvgIpc) is 2.96. The molecule has 1 aliphatic rings. The lowest BCUT2D eigenvalue weighted by Gasteiger charge is -2.42. The van der Waals surface area contributed by atoms with Crippen LogP contribution in [-0.2, 0) is 19.1 Å². The van der Waals surface area contributed by atoms with Gasteiger partial charge in [0, 0.05) is 23.3 Å². The van der Waals surface area contributed by atoms with Crippen molar-refractivity contribution in [1.29, 1.82) is 5.26 Å². The van der Waals surface area contributed by atoms with E-state index < -0.39 is 11.7 Å². The van der Waals surface area contributed by atoms with Gasteiger partial charge in [0.05, 0.1) is 17.2 Å². The van der Waals surface area contributed by atoms with Gasteiger partial charge in [-0.2, -0.15) is 18.4 Å². The normalized spacial score (nSPS) is 15.7. The maximum atomic E-state index is 13.6. The first-order valence-corrected chi connectivity index (χ1v) is 14.9. The van der Waals surface area contributed by atoms with Gasteiger partial charge < -0.3 is 5.32 Å². The summed E-state index contributed by atoms with van der Waals surface area (Å²) in [6, 6.07) is 22.5. The highest BCUT2D eigenvalue weighted by atomic mass is 32.2. The summed E-state index contributed by atoms with van der Waals surface area (Å²) in [5.74, 6) is 0.355. The van der Waals surface area contributed by atoms with Crippen molar-refractivity contribution in [2.75, 3.05) is 11.6 Å². The van der Waals surface area contributed by atoms with Crippen LogP contribution >= 0.6 is 11.9 Å². The maximum Gasteiger partial charge on any atom is 0.417 e. The van der Waals surface area contributed by atoms with Gasteiger partial charge >= 0.3 is 6.18 Å². The van der Waals surface area contributed by atoms with Crippen LogP contribution in [0.1, 0.15) is 61.3 Å². The fraction of sp³-hybridized carbons (Fsp3) is 0.364. The second-order valence-corrected chi connectivity index (χ2v) is 11.5. The summed E-state index contributed by atoms with van der Waals surface area (Å²) in [6.45, 7) is 7.37. The number of nitriles is 1. The van der Waals surface area contributed by atoms with Crippen molar-refractivity contribution in [2.24, 2.45) is 11.3 Å². The Hall–Kier alpha value is -3.21. The van der Waals surface area contributed by atoms with E-state index in [9.17, 15) is 18.4 Å². The lowest BCUT2D eigenvalue weighted by atomic mass is 9.65. The molecule has 3 aromatic carbocycles. The number of allylic oxidation sites excluding steroid dienone is 1. The maximum absolute atomic E-state index is 13.6. The Kier molecular flexibility index (Phi) is 9.65. The number of nitrogens with one attached hydrogen (secondary N) is 2. The molecule has 0 heterocycles. The van der Waals surface area contributed by atoms with Crippen molar-refractivity contribution < 1.29 is 13.2 Å². The van der Waals surface area contributed by atoms with Crippen LogP contribution in [0.15, 0.2) is 79.0 Å².